The Hall–Kier alpha value is -1.20. The van der Waals surface area contributed by atoms with Gasteiger partial charge < -0.3 is 9.64 Å². The molecule has 4 nitrogen and oxygen atoms in total. The van der Waals surface area contributed by atoms with E-state index in [0.29, 0.717) is 0 Å². The van der Waals surface area contributed by atoms with E-state index in [9.17, 15) is 4.79 Å². The molecule has 1 amide bonds. The lowest BCUT2D eigenvalue weighted by Crippen LogP contribution is -2.44. The predicted molar refractivity (Wildman–Crippen MR) is 80.9 cm³/mol. The largest absolute Gasteiger partial charge is 0.497 e. The van der Waals surface area contributed by atoms with E-state index >= 15 is 0 Å². The minimum atomic E-state index is -0.00814. The number of likely N-dealkylation sites (tertiary alicyclic amines) is 1. The monoisotopic (exact) mass is 292 g/mol. The lowest BCUT2D eigenvalue weighted by molar-refractivity contribution is -0.133. The van der Waals surface area contributed by atoms with Crippen LogP contribution in [-0.4, -0.2) is 42.1 Å². The van der Waals surface area contributed by atoms with Gasteiger partial charge in [0.1, 0.15) is 5.75 Å². The van der Waals surface area contributed by atoms with Gasteiger partial charge in [0.05, 0.1) is 19.2 Å². The number of carbonyl (C=O) groups excluding carboxylic acids is 1. The summed E-state index contributed by atoms with van der Waals surface area (Å²) in [6.07, 6.45) is 2.12. The molecule has 0 aromatic heterocycles. The Balaban J connectivity index is 1.79. The third-order valence-electron chi connectivity index (χ3n) is 4.03. The Bertz CT molecular complexity index is 489. The van der Waals surface area contributed by atoms with Crippen molar-refractivity contribution in [2.75, 3.05) is 25.3 Å². The van der Waals surface area contributed by atoms with Crippen LogP contribution >= 0.6 is 11.8 Å². The highest BCUT2D eigenvalue weighted by Gasteiger charge is 2.35. The zero-order valence-corrected chi connectivity index (χ0v) is 12.5. The Morgan fingerprint density at radius 3 is 3.15 bits per heavy atom. The Morgan fingerprint density at radius 2 is 2.40 bits per heavy atom. The van der Waals surface area contributed by atoms with Gasteiger partial charge in [-0.2, -0.15) is 0 Å². The summed E-state index contributed by atoms with van der Waals surface area (Å²) in [5, 5.41) is 3.27. The summed E-state index contributed by atoms with van der Waals surface area (Å²) in [6.45, 7) is 0.865. The highest BCUT2D eigenvalue weighted by atomic mass is 32.2. The molecule has 2 unspecified atom stereocenters. The molecule has 0 radical (unpaired) electrons. The summed E-state index contributed by atoms with van der Waals surface area (Å²) < 4.78 is 5.29. The highest BCUT2D eigenvalue weighted by Crippen LogP contribution is 2.34. The van der Waals surface area contributed by atoms with Gasteiger partial charge in [0.25, 0.3) is 0 Å². The number of hydrogen-bond acceptors (Lipinski definition) is 4. The van der Waals surface area contributed by atoms with Gasteiger partial charge in [0, 0.05) is 18.2 Å². The topological polar surface area (TPSA) is 41.6 Å². The molecule has 3 rings (SSSR count). The van der Waals surface area contributed by atoms with Crippen LogP contribution < -0.4 is 10.1 Å². The number of benzene rings is 1. The Labute approximate surface area is 123 Å². The van der Waals surface area contributed by atoms with Crippen molar-refractivity contribution in [1.29, 1.82) is 0 Å². The van der Waals surface area contributed by atoms with Crippen LogP contribution in [0, 0.1) is 0 Å². The first-order valence-corrected chi connectivity index (χ1v) is 8.20. The molecule has 2 aliphatic heterocycles. The number of methoxy groups -OCH3 is 1. The van der Waals surface area contributed by atoms with Crippen molar-refractivity contribution < 1.29 is 9.53 Å². The van der Waals surface area contributed by atoms with Gasteiger partial charge in [0.2, 0.25) is 5.91 Å². The average Bonchev–Trinajstić information content (AvgIpc) is 3.17. The van der Waals surface area contributed by atoms with E-state index in [0.717, 1.165) is 36.8 Å². The lowest BCUT2D eigenvalue weighted by Gasteiger charge is -2.27. The van der Waals surface area contributed by atoms with Gasteiger partial charge in [0.15, 0.2) is 0 Å². The van der Waals surface area contributed by atoms with Crippen molar-refractivity contribution in [2.24, 2.45) is 0 Å². The maximum atomic E-state index is 12.6. The SMILES string of the molecule is COc1cccc(C2CCCN2C(=O)C2CSCN2)c1. The maximum Gasteiger partial charge on any atom is 0.241 e. The third kappa shape index (κ3) is 2.65. The summed E-state index contributed by atoms with van der Waals surface area (Å²) in [7, 11) is 1.68. The molecule has 2 aliphatic rings. The second-order valence-electron chi connectivity index (χ2n) is 5.24. The van der Waals surface area contributed by atoms with E-state index in [1.807, 2.05) is 23.1 Å². The van der Waals surface area contributed by atoms with E-state index in [1.165, 1.54) is 5.56 Å². The quantitative estimate of drug-likeness (QED) is 0.925. The van der Waals surface area contributed by atoms with Gasteiger partial charge >= 0.3 is 0 Å². The van der Waals surface area contributed by atoms with Crippen molar-refractivity contribution in [3.63, 3.8) is 0 Å². The van der Waals surface area contributed by atoms with Crippen LogP contribution in [0.15, 0.2) is 24.3 Å². The van der Waals surface area contributed by atoms with Crippen molar-refractivity contribution in [3.05, 3.63) is 29.8 Å². The zero-order chi connectivity index (χ0) is 13.9. The van der Waals surface area contributed by atoms with Crippen LogP contribution in [0.5, 0.6) is 5.75 Å². The Kier molecular flexibility index (Phi) is 4.17. The summed E-state index contributed by atoms with van der Waals surface area (Å²) >= 11 is 1.79. The lowest BCUT2D eigenvalue weighted by atomic mass is 10.0. The fourth-order valence-electron chi connectivity index (χ4n) is 2.98. The van der Waals surface area contributed by atoms with Gasteiger partial charge in [-0.3, -0.25) is 10.1 Å². The van der Waals surface area contributed by atoms with E-state index < -0.39 is 0 Å². The number of ether oxygens (including phenoxy) is 1. The van der Waals surface area contributed by atoms with Crippen LogP contribution in [0.25, 0.3) is 0 Å². The molecule has 0 spiro atoms. The van der Waals surface area contributed by atoms with Crippen LogP contribution in [0.2, 0.25) is 0 Å². The molecule has 0 saturated carbocycles. The van der Waals surface area contributed by atoms with Crippen LogP contribution in [0.1, 0.15) is 24.4 Å². The predicted octanol–water partition coefficient (Wildman–Crippen LogP) is 2.02. The molecule has 2 atom stereocenters. The number of carbonyl (C=O) groups is 1. The first kappa shape index (κ1) is 13.8. The highest BCUT2D eigenvalue weighted by molar-refractivity contribution is 7.99. The molecule has 2 fully saturated rings. The summed E-state index contributed by atoms with van der Waals surface area (Å²) in [4.78, 5) is 14.6. The van der Waals surface area contributed by atoms with Crippen molar-refractivity contribution >= 4 is 17.7 Å². The van der Waals surface area contributed by atoms with Crippen molar-refractivity contribution in [1.82, 2.24) is 10.2 Å². The molecule has 5 heteroatoms. The Morgan fingerprint density at radius 1 is 1.50 bits per heavy atom. The standard InChI is InChI=1S/C15H20N2O2S/c1-19-12-5-2-4-11(8-12)14-6-3-7-17(14)15(18)13-9-20-10-16-13/h2,4-5,8,13-14,16H,3,6-7,9-10H2,1H3. The molecule has 1 N–H and O–H groups in total. The zero-order valence-electron chi connectivity index (χ0n) is 11.7. The second kappa shape index (κ2) is 6.06. The van der Waals surface area contributed by atoms with Gasteiger partial charge in [-0.15, -0.1) is 11.8 Å². The summed E-state index contributed by atoms with van der Waals surface area (Å²) in [5.41, 5.74) is 1.18. The molecule has 20 heavy (non-hydrogen) atoms. The summed E-state index contributed by atoms with van der Waals surface area (Å²) in [6, 6.07) is 8.28. The number of rotatable bonds is 3. The number of amides is 1. The van der Waals surface area contributed by atoms with E-state index in [4.69, 9.17) is 4.74 Å². The van der Waals surface area contributed by atoms with E-state index in [2.05, 4.69) is 11.4 Å². The third-order valence-corrected chi connectivity index (χ3v) is 4.97. The molecule has 0 aliphatic carbocycles. The maximum absolute atomic E-state index is 12.6. The minimum absolute atomic E-state index is 0.00814. The van der Waals surface area contributed by atoms with E-state index in [-0.39, 0.29) is 18.0 Å². The fraction of sp³-hybridized carbons (Fsp3) is 0.533. The smallest absolute Gasteiger partial charge is 0.241 e. The molecule has 2 saturated heterocycles. The van der Waals surface area contributed by atoms with Crippen molar-refractivity contribution in [3.8, 4) is 5.75 Å². The number of hydrogen-bond donors (Lipinski definition) is 1. The first-order valence-electron chi connectivity index (χ1n) is 7.05. The van der Waals surface area contributed by atoms with Crippen LogP contribution in [0.4, 0.5) is 0 Å². The molecule has 1 aromatic carbocycles. The molecule has 1 aromatic rings. The van der Waals surface area contributed by atoms with Gasteiger partial charge in [-0.25, -0.2) is 0 Å². The number of nitrogens with zero attached hydrogens (tertiary/aromatic N) is 1. The van der Waals surface area contributed by atoms with E-state index in [1.54, 1.807) is 18.9 Å². The van der Waals surface area contributed by atoms with Crippen LogP contribution in [0.3, 0.4) is 0 Å². The minimum Gasteiger partial charge on any atom is -0.497 e. The first-order chi connectivity index (χ1) is 9.79. The molecular weight excluding hydrogens is 272 g/mol. The van der Waals surface area contributed by atoms with Crippen LogP contribution in [-0.2, 0) is 4.79 Å². The summed E-state index contributed by atoms with van der Waals surface area (Å²) in [5.74, 6) is 2.88. The van der Waals surface area contributed by atoms with Gasteiger partial charge in [-0.1, -0.05) is 12.1 Å². The molecular formula is C15H20N2O2S. The van der Waals surface area contributed by atoms with Crippen molar-refractivity contribution in [2.45, 2.75) is 24.9 Å². The van der Waals surface area contributed by atoms with Gasteiger partial charge in [-0.05, 0) is 30.5 Å². The fourth-order valence-corrected chi connectivity index (χ4v) is 3.91. The second-order valence-corrected chi connectivity index (χ2v) is 6.27. The molecule has 108 valence electrons. The number of nitrogens with one attached hydrogen (secondary N) is 1. The number of thioether (sulfide) groups is 1. The molecule has 0 bridgehead atoms. The average molecular weight is 292 g/mol. The molecule has 2 heterocycles. The normalized spacial score (nSPS) is 25.9.